The maximum absolute atomic E-state index is 13.5. The Morgan fingerprint density at radius 2 is 1.62 bits per heavy atom. The van der Waals surface area contributed by atoms with Gasteiger partial charge in [0.1, 0.15) is 29.3 Å². The van der Waals surface area contributed by atoms with Crippen LogP contribution in [0.2, 0.25) is 0 Å². The number of nitrogens with zero attached hydrogens (tertiary/aromatic N) is 7. The van der Waals surface area contributed by atoms with Gasteiger partial charge in [-0.3, -0.25) is 19.4 Å². The van der Waals surface area contributed by atoms with E-state index in [1.54, 1.807) is 7.11 Å². The van der Waals surface area contributed by atoms with E-state index in [1.807, 2.05) is 60.1 Å². The molecule has 336 valence electrons. The topological polar surface area (TPSA) is 148 Å². The van der Waals surface area contributed by atoms with E-state index in [1.165, 1.54) is 51.3 Å². The normalized spacial score (nSPS) is 26.4. The lowest BCUT2D eigenvalue weighted by molar-refractivity contribution is -0.125. The predicted octanol–water partition coefficient (Wildman–Crippen LogP) is 7.79. The molecule has 4 heterocycles. The summed E-state index contributed by atoms with van der Waals surface area (Å²) in [6.45, 7) is 7.99. The molecule has 0 spiro atoms. The number of hydrogen-bond donors (Lipinski definition) is 3. The van der Waals surface area contributed by atoms with Crippen molar-refractivity contribution in [2.24, 2.45) is 36.1 Å². The molecule has 1 saturated heterocycles. The fraction of sp³-hybridized carbons (Fsp3) is 0.571. The average Bonchev–Trinajstić information content (AvgIpc) is 3.84. The van der Waals surface area contributed by atoms with Crippen LogP contribution in [0.25, 0.3) is 33.2 Å². The van der Waals surface area contributed by atoms with E-state index in [-0.39, 0.29) is 37.3 Å². The molecule has 4 bridgehead atoms. The highest BCUT2D eigenvalue weighted by Gasteiger charge is 2.50. The predicted molar refractivity (Wildman–Crippen MR) is 254 cm³/mol. The van der Waals surface area contributed by atoms with Gasteiger partial charge in [0.15, 0.2) is 5.65 Å². The molecule has 5 saturated carbocycles. The molecule has 6 aliphatic rings. The van der Waals surface area contributed by atoms with Crippen molar-refractivity contribution < 1.29 is 14.3 Å². The number of rotatable bonds is 13. The van der Waals surface area contributed by atoms with Gasteiger partial charge in [-0.05, 0) is 124 Å². The number of anilines is 2. The lowest BCUT2D eigenvalue weighted by atomic mass is 9.48. The SMILES string of the molecule is COc1cc(-c2nn(C3CCC(N4CCN(CCNC(=O)[C@@H](C)CCC56CC7CC(CC(C7)C5)C6)CC4)CC3)c3ncnc(N)c23)ccc1NC(=O)c1cc2ccccc2n1C.S. The molecular weight excluding hydrogens is 809 g/mol. The lowest BCUT2D eigenvalue weighted by Crippen LogP contribution is -2.52. The van der Waals surface area contributed by atoms with E-state index in [0.29, 0.717) is 40.1 Å². The van der Waals surface area contributed by atoms with Crippen molar-refractivity contribution in [2.75, 3.05) is 57.4 Å². The molecule has 6 fully saturated rings. The second kappa shape index (κ2) is 18.1. The summed E-state index contributed by atoms with van der Waals surface area (Å²) in [4.78, 5) is 40.8. The molecule has 5 aliphatic carbocycles. The van der Waals surface area contributed by atoms with Gasteiger partial charge in [-0.1, -0.05) is 31.2 Å². The van der Waals surface area contributed by atoms with Crippen LogP contribution < -0.4 is 21.1 Å². The number of nitrogen functional groups attached to an aromatic ring is 1. The highest BCUT2D eigenvalue weighted by Crippen LogP contribution is 2.61. The summed E-state index contributed by atoms with van der Waals surface area (Å²) in [7, 11) is 3.50. The van der Waals surface area contributed by atoms with Crippen molar-refractivity contribution >= 4 is 58.8 Å². The minimum Gasteiger partial charge on any atom is -0.495 e. The molecule has 63 heavy (non-hydrogen) atoms. The Bertz CT molecular complexity index is 2410. The smallest absolute Gasteiger partial charge is 0.272 e. The monoisotopic (exact) mass is 875 g/mol. The Balaban J connectivity index is 0.00000504. The van der Waals surface area contributed by atoms with E-state index in [2.05, 4.69) is 37.0 Å². The van der Waals surface area contributed by atoms with Gasteiger partial charge in [-0.15, -0.1) is 0 Å². The molecule has 14 heteroatoms. The van der Waals surface area contributed by atoms with Crippen LogP contribution in [0.3, 0.4) is 0 Å². The number of aryl methyl sites for hydroxylation is 1. The van der Waals surface area contributed by atoms with E-state index in [0.717, 1.165) is 117 Å². The van der Waals surface area contributed by atoms with Crippen LogP contribution in [0.15, 0.2) is 54.9 Å². The van der Waals surface area contributed by atoms with Crippen LogP contribution in [-0.2, 0) is 11.8 Å². The first-order chi connectivity index (χ1) is 30.1. The van der Waals surface area contributed by atoms with Crippen LogP contribution in [0.4, 0.5) is 11.5 Å². The minimum absolute atomic E-state index is 0. The first-order valence-electron chi connectivity index (χ1n) is 23.4. The summed E-state index contributed by atoms with van der Waals surface area (Å²) in [5.41, 5.74) is 11.4. The molecular formula is C49H66N10O3S. The number of nitrogens with two attached hydrogens (primary N) is 1. The molecule has 4 N–H and O–H groups in total. The van der Waals surface area contributed by atoms with Crippen molar-refractivity contribution in [3.05, 3.63) is 60.6 Å². The molecule has 1 atom stereocenters. The molecule has 13 nitrogen and oxygen atoms in total. The number of methoxy groups -OCH3 is 1. The number of carbonyl (C=O) groups is 2. The summed E-state index contributed by atoms with van der Waals surface area (Å²) in [5, 5.41) is 13.3. The van der Waals surface area contributed by atoms with E-state index < -0.39 is 0 Å². The molecule has 0 unspecified atom stereocenters. The van der Waals surface area contributed by atoms with Gasteiger partial charge < -0.3 is 25.7 Å². The number of amides is 2. The quantitative estimate of drug-likeness (QED) is 0.108. The Morgan fingerprint density at radius 3 is 2.32 bits per heavy atom. The highest BCUT2D eigenvalue weighted by atomic mass is 32.1. The number of piperazine rings is 1. The van der Waals surface area contributed by atoms with Gasteiger partial charge in [0.05, 0.1) is 24.2 Å². The van der Waals surface area contributed by atoms with Gasteiger partial charge in [0.2, 0.25) is 5.91 Å². The fourth-order valence-corrected chi connectivity index (χ4v) is 12.9. The van der Waals surface area contributed by atoms with Crippen LogP contribution in [0, 0.1) is 29.1 Å². The summed E-state index contributed by atoms with van der Waals surface area (Å²) >= 11 is 0. The lowest BCUT2D eigenvalue weighted by Gasteiger charge is -2.57. The number of carbonyl (C=O) groups excluding carboxylic acids is 2. The zero-order valence-corrected chi connectivity index (χ0v) is 38.3. The fourth-order valence-electron chi connectivity index (χ4n) is 12.9. The summed E-state index contributed by atoms with van der Waals surface area (Å²) < 4.78 is 9.77. The molecule has 11 rings (SSSR count). The zero-order valence-electron chi connectivity index (χ0n) is 37.3. The largest absolute Gasteiger partial charge is 0.495 e. The standard InChI is InChI=1S/C49H64N10O3.H2S/c1-31(14-15-49-27-32-22-33(28-49)24-34(23-32)29-49)47(60)51-16-17-57-18-20-58(21-19-57)37-9-11-38(12-10-37)59-46-43(45(50)52-30-53-46)44(55-59)36-8-13-39(42(26-36)62-3)54-48(61)41-25-35-6-4-5-7-40(35)56(41)2;/h4-8,13,25-26,30-34,37-38H,9-12,14-24,27-29H2,1-3H3,(H,51,60)(H,54,61)(H2,50,52,53);1H2/t31-,32?,33?,34?,37?,38?,49?;/m0./s1. The van der Waals surface area contributed by atoms with Crippen LogP contribution in [-0.4, -0.2) is 98.3 Å². The number of benzene rings is 2. The third-order valence-electron chi connectivity index (χ3n) is 15.8. The number of nitrogens with one attached hydrogen (secondary N) is 2. The third kappa shape index (κ3) is 8.67. The van der Waals surface area contributed by atoms with Crippen LogP contribution in [0.1, 0.15) is 101 Å². The number of para-hydroxylation sites is 1. The maximum atomic E-state index is 13.5. The second-order valence-electron chi connectivity index (χ2n) is 19.8. The zero-order chi connectivity index (χ0) is 42.5. The van der Waals surface area contributed by atoms with Crippen molar-refractivity contribution in [3.63, 3.8) is 0 Å². The van der Waals surface area contributed by atoms with Crippen molar-refractivity contribution in [2.45, 2.75) is 96.1 Å². The Morgan fingerprint density at radius 1 is 0.921 bits per heavy atom. The van der Waals surface area contributed by atoms with Crippen LogP contribution >= 0.6 is 13.5 Å². The molecule has 1 aliphatic heterocycles. The van der Waals surface area contributed by atoms with E-state index >= 15 is 0 Å². The van der Waals surface area contributed by atoms with Crippen LogP contribution in [0.5, 0.6) is 5.75 Å². The first kappa shape index (κ1) is 43.6. The molecule has 2 amide bonds. The van der Waals surface area contributed by atoms with Gasteiger partial charge in [-0.2, -0.15) is 18.6 Å². The van der Waals surface area contributed by atoms with Crippen molar-refractivity contribution in [3.8, 4) is 17.0 Å². The number of fused-ring (bicyclic) bond motifs is 2. The Hall–Kier alpha value is -4.66. The summed E-state index contributed by atoms with van der Waals surface area (Å²) in [5.74, 6) is 3.95. The van der Waals surface area contributed by atoms with Gasteiger partial charge in [-0.25, -0.2) is 14.6 Å². The van der Waals surface area contributed by atoms with Gasteiger partial charge >= 0.3 is 0 Å². The minimum atomic E-state index is -0.221. The number of hydrogen-bond acceptors (Lipinski definition) is 9. The van der Waals surface area contributed by atoms with E-state index in [4.69, 9.17) is 20.6 Å². The highest BCUT2D eigenvalue weighted by molar-refractivity contribution is 7.59. The number of ether oxygens (including phenoxy) is 1. The Labute approximate surface area is 378 Å². The van der Waals surface area contributed by atoms with Crippen molar-refractivity contribution in [1.82, 2.24) is 39.4 Å². The maximum Gasteiger partial charge on any atom is 0.272 e. The third-order valence-corrected chi connectivity index (χ3v) is 15.8. The summed E-state index contributed by atoms with van der Waals surface area (Å²) in [6, 6.07) is 16.3. The Kier molecular flexibility index (Phi) is 12.5. The summed E-state index contributed by atoms with van der Waals surface area (Å²) in [6.07, 6.45) is 16.7. The first-order valence-corrected chi connectivity index (χ1v) is 23.4. The average molecular weight is 875 g/mol. The second-order valence-corrected chi connectivity index (χ2v) is 19.8. The van der Waals surface area contributed by atoms with Gasteiger partial charge in [0, 0.05) is 74.7 Å². The number of aromatic nitrogens is 5. The molecule has 2 aromatic carbocycles. The van der Waals surface area contributed by atoms with Crippen molar-refractivity contribution in [1.29, 1.82) is 0 Å². The van der Waals surface area contributed by atoms with E-state index in [9.17, 15) is 9.59 Å². The molecule has 3 aromatic heterocycles. The van der Waals surface area contributed by atoms with Gasteiger partial charge in [0.25, 0.3) is 5.91 Å². The molecule has 0 radical (unpaired) electrons. The molecule has 5 aromatic rings.